The Kier molecular flexibility index (Phi) is 3.18. The molecule has 0 fully saturated rings. The molecule has 1 aliphatic heterocycles. The quantitative estimate of drug-likeness (QED) is 0.811. The zero-order chi connectivity index (χ0) is 16.0. The van der Waals surface area contributed by atoms with Gasteiger partial charge < -0.3 is 10.4 Å². The smallest absolute Gasteiger partial charge is 0.337 e. The van der Waals surface area contributed by atoms with Crippen molar-refractivity contribution in [2.45, 2.75) is 18.4 Å². The standard InChI is InChI=1S/C19H16FNO2/c20-12-9-7-11(8-10-12)17-14-4-1-3-13(14)15-5-2-6-16(19(22)23)18(15)21-17/h1-3,5-10,13-14,17,21H,4H2,(H,22,23)/t13-,14+,17+/m0/s1. The molecule has 2 aromatic rings. The van der Waals surface area contributed by atoms with Gasteiger partial charge in [-0.15, -0.1) is 0 Å². The number of benzene rings is 2. The van der Waals surface area contributed by atoms with Crippen LogP contribution >= 0.6 is 0 Å². The highest BCUT2D eigenvalue weighted by Crippen LogP contribution is 2.50. The van der Waals surface area contributed by atoms with Gasteiger partial charge in [0.1, 0.15) is 5.82 Å². The van der Waals surface area contributed by atoms with Crippen molar-refractivity contribution in [1.82, 2.24) is 0 Å². The number of fused-ring (bicyclic) bond motifs is 3. The Labute approximate surface area is 133 Å². The lowest BCUT2D eigenvalue weighted by atomic mass is 9.76. The Hall–Kier alpha value is -2.62. The predicted molar refractivity (Wildman–Crippen MR) is 86.2 cm³/mol. The second kappa shape index (κ2) is 5.23. The molecule has 0 spiro atoms. The van der Waals surface area contributed by atoms with Gasteiger partial charge >= 0.3 is 5.97 Å². The minimum Gasteiger partial charge on any atom is -0.478 e. The first-order valence-corrected chi connectivity index (χ1v) is 7.70. The topological polar surface area (TPSA) is 49.3 Å². The third-order valence-corrected chi connectivity index (χ3v) is 4.86. The molecule has 0 bridgehead atoms. The van der Waals surface area contributed by atoms with E-state index in [4.69, 9.17) is 0 Å². The second-order valence-corrected chi connectivity index (χ2v) is 6.10. The van der Waals surface area contributed by atoms with Crippen LogP contribution in [-0.2, 0) is 0 Å². The highest BCUT2D eigenvalue weighted by atomic mass is 19.1. The fourth-order valence-corrected chi connectivity index (χ4v) is 3.80. The number of aromatic carboxylic acids is 1. The molecule has 2 N–H and O–H groups in total. The zero-order valence-corrected chi connectivity index (χ0v) is 12.4. The number of carboxylic acids is 1. The molecule has 116 valence electrons. The maximum Gasteiger partial charge on any atom is 0.337 e. The summed E-state index contributed by atoms with van der Waals surface area (Å²) in [6, 6.07) is 11.8. The molecule has 1 heterocycles. The molecular weight excluding hydrogens is 293 g/mol. The fourth-order valence-electron chi connectivity index (χ4n) is 3.80. The van der Waals surface area contributed by atoms with Gasteiger partial charge in [0.25, 0.3) is 0 Å². The highest BCUT2D eigenvalue weighted by molar-refractivity contribution is 5.95. The van der Waals surface area contributed by atoms with Crippen LogP contribution in [0.3, 0.4) is 0 Å². The van der Waals surface area contributed by atoms with E-state index in [1.54, 1.807) is 24.3 Å². The van der Waals surface area contributed by atoms with E-state index in [0.29, 0.717) is 11.6 Å². The normalized spacial score (nSPS) is 24.7. The molecule has 0 amide bonds. The molecule has 0 saturated heterocycles. The summed E-state index contributed by atoms with van der Waals surface area (Å²) < 4.78 is 13.2. The molecule has 3 nitrogen and oxygen atoms in total. The minimum absolute atomic E-state index is 0.0244. The Morgan fingerprint density at radius 1 is 1.17 bits per heavy atom. The summed E-state index contributed by atoms with van der Waals surface area (Å²) in [6.07, 6.45) is 5.24. The van der Waals surface area contributed by atoms with Crippen LogP contribution in [0.4, 0.5) is 10.1 Å². The van der Waals surface area contributed by atoms with E-state index in [-0.39, 0.29) is 23.3 Å². The highest BCUT2D eigenvalue weighted by Gasteiger charge is 2.39. The van der Waals surface area contributed by atoms with E-state index in [1.165, 1.54) is 12.1 Å². The molecule has 1 aliphatic carbocycles. The fraction of sp³-hybridized carbons (Fsp3) is 0.211. The van der Waals surface area contributed by atoms with Crippen LogP contribution in [-0.4, -0.2) is 11.1 Å². The summed E-state index contributed by atoms with van der Waals surface area (Å²) in [5, 5.41) is 12.9. The Morgan fingerprint density at radius 3 is 2.70 bits per heavy atom. The van der Waals surface area contributed by atoms with Crippen molar-refractivity contribution in [1.29, 1.82) is 0 Å². The minimum atomic E-state index is -0.937. The summed E-state index contributed by atoms with van der Waals surface area (Å²) >= 11 is 0. The lowest BCUT2D eigenvalue weighted by Crippen LogP contribution is -2.30. The van der Waals surface area contributed by atoms with Gasteiger partial charge in [-0.1, -0.05) is 36.4 Å². The van der Waals surface area contributed by atoms with Crippen LogP contribution in [0.5, 0.6) is 0 Å². The van der Waals surface area contributed by atoms with Crippen molar-refractivity contribution in [2.75, 3.05) is 5.32 Å². The van der Waals surface area contributed by atoms with Crippen molar-refractivity contribution in [3.63, 3.8) is 0 Å². The third-order valence-electron chi connectivity index (χ3n) is 4.86. The molecule has 4 rings (SSSR count). The molecule has 4 heteroatoms. The number of anilines is 1. The third kappa shape index (κ3) is 2.22. The lowest BCUT2D eigenvalue weighted by Gasteiger charge is -2.38. The van der Waals surface area contributed by atoms with E-state index < -0.39 is 5.97 Å². The number of para-hydroxylation sites is 1. The molecule has 2 aliphatic rings. The number of rotatable bonds is 2. The summed E-state index contributed by atoms with van der Waals surface area (Å²) in [5.74, 6) is -0.692. The van der Waals surface area contributed by atoms with Gasteiger partial charge in [-0.2, -0.15) is 0 Å². The van der Waals surface area contributed by atoms with Crippen molar-refractivity contribution >= 4 is 11.7 Å². The Morgan fingerprint density at radius 2 is 1.96 bits per heavy atom. The summed E-state index contributed by atoms with van der Waals surface area (Å²) in [6.45, 7) is 0. The molecule has 23 heavy (non-hydrogen) atoms. The van der Waals surface area contributed by atoms with Crippen LogP contribution in [0.2, 0.25) is 0 Å². The summed E-state index contributed by atoms with van der Waals surface area (Å²) in [5.41, 5.74) is 2.98. The van der Waals surface area contributed by atoms with E-state index in [9.17, 15) is 14.3 Å². The largest absolute Gasteiger partial charge is 0.478 e. The molecule has 0 aromatic heterocycles. The number of halogens is 1. The zero-order valence-electron chi connectivity index (χ0n) is 12.4. The van der Waals surface area contributed by atoms with Gasteiger partial charge in [0.15, 0.2) is 0 Å². The average Bonchev–Trinajstić information content (AvgIpc) is 3.04. The average molecular weight is 309 g/mol. The molecule has 0 saturated carbocycles. The van der Waals surface area contributed by atoms with E-state index >= 15 is 0 Å². The summed E-state index contributed by atoms with van der Waals surface area (Å²) in [4.78, 5) is 11.5. The first-order valence-electron chi connectivity index (χ1n) is 7.70. The summed E-state index contributed by atoms with van der Waals surface area (Å²) in [7, 11) is 0. The van der Waals surface area contributed by atoms with Crippen LogP contribution in [0.15, 0.2) is 54.6 Å². The van der Waals surface area contributed by atoms with Gasteiger partial charge in [0.05, 0.1) is 17.3 Å². The number of hydrogen-bond acceptors (Lipinski definition) is 2. The van der Waals surface area contributed by atoms with E-state index in [1.807, 2.05) is 6.07 Å². The molecule has 2 aromatic carbocycles. The van der Waals surface area contributed by atoms with Crippen LogP contribution in [0, 0.1) is 11.7 Å². The van der Waals surface area contributed by atoms with Gasteiger partial charge in [0.2, 0.25) is 0 Å². The molecular formula is C19H16FNO2. The predicted octanol–water partition coefficient (Wildman–Crippen LogP) is 4.35. The number of carbonyl (C=O) groups is 1. The monoisotopic (exact) mass is 309 g/mol. The molecule has 0 radical (unpaired) electrons. The van der Waals surface area contributed by atoms with Gasteiger partial charge in [0, 0.05) is 5.92 Å². The Balaban J connectivity index is 1.83. The maximum atomic E-state index is 13.2. The van der Waals surface area contributed by atoms with Gasteiger partial charge in [-0.25, -0.2) is 9.18 Å². The second-order valence-electron chi connectivity index (χ2n) is 6.10. The Bertz CT molecular complexity index is 798. The molecule has 3 atom stereocenters. The van der Waals surface area contributed by atoms with Gasteiger partial charge in [-0.05, 0) is 41.7 Å². The molecule has 0 unspecified atom stereocenters. The van der Waals surface area contributed by atoms with Crippen molar-refractivity contribution in [2.24, 2.45) is 5.92 Å². The van der Waals surface area contributed by atoms with Crippen LogP contribution in [0.1, 0.15) is 39.9 Å². The number of allylic oxidation sites excluding steroid dienone is 2. The van der Waals surface area contributed by atoms with E-state index in [2.05, 4.69) is 17.5 Å². The van der Waals surface area contributed by atoms with Crippen molar-refractivity contribution < 1.29 is 14.3 Å². The van der Waals surface area contributed by atoms with Gasteiger partial charge in [-0.3, -0.25) is 0 Å². The van der Waals surface area contributed by atoms with Crippen LogP contribution in [0.25, 0.3) is 0 Å². The van der Waals surface area contributed by atoms with E-state index in [0.717, 1.165) is 17.5 Å². The number of carboxylic acid groups (broad SMARTS) is 1. The number of nitrogens with one attached hydrogen (secondary N) is 1. The first-order chi connectivity index (χ1) is 11.1. The lowest BCUT2D eigenvalue weighted by molar-refractivity contribution is 0.0697. The first kappa shape index (κ1) is 14.0. The SMILES string of the molecule is O=C(O)c1cccc2c1N[C@H](c1ccc(F)cc1)[C@@H]1CC=C[C@H]21. The number of hydrogen-bond donors (Lipinski definition) is 2. The van der Waals surface area contributed by atoms with Crippen molar-refractivity contribution in [3.05, 3.63) is 77.1 Å². The maximum absolute atomic E-state index is 13.2. The van der Waals surface area contributed by atoms with Crippen LogP contribution < -0.4 is 5.32 Å². The van der Waals surface area contributed by atoms with Crippen molar-refractivity contribution in [3.8, 4) is 0 Å².